The van der Waals surface area contributed by atoms with E-state index in [1.165, 1.54) is 0 Å². The van der Waals surface area contributed by atoms with Crippen LogP contribution < -0.4 is 24.0 Å². The predicted octanol–water partition coefficient (Wildman–Crippen LogP) is 2.46. The summed E-state index contributed by atoms with van der Waals surface area (Å²) < 4.78 is 17.4. The molecule has 3 heterocycles. The van der Waals surface area contributed by atoms with Crippen molar-refractivity contribution in [3.8, 4) is 17.2 Å². The zero-order valence-electron chi connectivity index (χ0n) is 14.4. The molecule has 26 heavy (non-hydrogen) atoms. The lowest BCUT2D eigenvalue weighted by Crippen LogP contribution is -2.48. The number of para-hydroxylation sites is 3. The van der Waals surface area contributed by atoms with Crippen molar-refractivity contribution in [1.82, 2.24) is 0 Å². The second-order valence-corrected chi connectivity index (χ2v) is 6.71. The maximum atomic E-state index is 13.0. The third-order valence-electron chi connectivity index (χ3n) is 5.07. The maximum absolute atomic E-state index is 13.0. The van der Waals surface area contributed by atoms with E-state index >= 15 is 0 Å². The summed E-state index contributed by atoms with van der Waals surface area (Å²) in [6.45, 7) is 3.45. The molecule has 0 spiro atoms. The van der Waals surface area contributed by atoms with E-state index in [9.17, 15) is 4.79 Å². The standard InChI is InChI=1S/C20H20N2O4/c23-19(12-14-13-25-16-5-1-2-6-17(16)26-14)22-9-8-21-10-11-24-18-7-3-4-15(22)20(18)21/h1-7,14H,8-13H2. The van der Waals surface area contributed by atoms with Crippen LogP contribution in [0.2, 0.25) is 0 Å². The van der Waals surface area contributed by atoms with Gasteiger partial charge in [-0.3, -0.25) is 4.79 Å². The lowest BCUT2D eigenvalue weighted by atomic mass is 10.1. The summed E-state index contributed by atoms with van der Waals surface area (Å²) in [4.78, 5) is 17.2. The molecule has 0 radical (unpaired) electrons. The number of amides is 1. The van der Waals surface area contributed by atoms with Gasteiger partial charge in [0.15, 0.2) is 11.5 Å². The van der Waals surface area contributed by atoms with Crippen molar-refractivity contribution in [1.29, 1.82) is 0 Å². The molecule has 6 heteroatoms. The van der Waals surface area contributed by atoms with Crippen LogP contribution >= 0.6 is 0 Å². The molecule has 2 aromatic carbocycles. The lowest BCUT2D eigenvalue weighted by Gasteiger charge is -2.41. The highest BCUT2D eigenvalue weighted by molar-refractivity contribution is 5.99. The Bertz CT molecular complexity index is 853. The summed E-state index contributed by atoms with van der Waals surface area (Å²) in [5.41, 5.74) is 1.96. The van der Waals surface area contributed by atoms with E-state index < -0.39 is 0 Å². The molecule has 0 bridgehead atoms. The molecular weight excluding hydrogens is 332 g/mol. The summed E-state index contributed by atoms with van der Waals surface area (Å²) >= 11 is 0. The highest BCUT2D eigenvalue weighted by Crippen LogP contribution is 2.43. The lowest BCUT2D eigenvalue weighted by molar-refractivity contribution is -0.120. The number of anilines is 2. The van der Waals surface area contributed by atoms with Gasteiger partial charge in [-0.25, -0.2) is 0 Å². The Kier molecular flexibility index (Phi) is 3.62. The zero-order chi connectivity index (χ0) is 17.5. The zero-order valence-corrected chi connectivity index (χ0v) is 14.4. The van der Waals surface area contributed by atoms with E-state index in [0.29, 0.717) is 31.9 Å². The molecule has 0 saturated heterocycles. The minimum absolute atomic E-state index is 0.0524. The average Bonchev–Trinajstić information content (AvgIpc) is 2.68. The fourth-order valence-electron chi connectivity index (χ4n) is 3.83. The number of carbonyl (C=O) groups is 1. The fraction of sp³-hybridized carbons (Fsp3) is 0.350. The number of nitrogens with zero attached hydrogens (tertiary/aromatic N) is 2. The van der Waals surface area contributed by atoms with Crippen LogP contribution in [0, 0.1) is 0 Å². The van der Waals surface area contributed by atoms with Gasteiger partial charge in [0.25, 0.3) is 0 Å². The first-order chi connectivity index (χ1) is 12.8. The van der Waals surface area contributed by atoms with Crippen molar-refractivity contribution >= 4 is 17.3 Å². The quantitative estimate of drug-likeness (QED) is 0.831. The second-order valence-electron chi connectivity index (χ2n) is 6.71. The Labute approximate surface area is 151 Å². The summed E-state index contributed by atoms with van der Waals surface area (Å²) in [7, 11) is 0. The molecule has 0 fully saturated rings. The summed E-state index contributed by atoms with van der Waals surface area (Å²) in [5, 5.41) is 0. The summed E-state index contributed by atoms with van der Waals surface area (Å²) in [6, 6.07) is 13.5. The molecule has 0 N–H and O–H groups in total. The largest absolute Gasteiger partial charge is 0.489 e. The van der Waals surface area contributed by atoms with Gasteiger partial charge in [0.2, 0.25) is 5.91 Å². The van der Waals surface area contributed by atoms with Crippen LogP contribution in [0.3, 0.4) is 0 Å². The number of ether oxygens (including phenoxy) is 3. The Morgan fingerprint density at radius 1 is 0.962 bits per heavy atom. The molecule has 0 saturated carbocycles. The molecule has 1 atom stereocenters. The van der Waals surface area contributed by atoms with E-state index in [-0.39, 0.29) is 12.0 Å². The third-order valence-corrected chi connectivity index (χ3v) is 5.07. The molecule has 2 aromatic rings. The second kappa shape index (κ2) is 6.12. The van der Waals surface area contributed by atoms with Crippen LogP contribution in [0.5, 0.6) is 17.2 Å². The number of rotatable bonds is 2. The van der Waals surface area contributed by atoms with Crippen LogP contribution in [-0.2, 0) is 4.79 Å². The van der Waals surface area contributed by atoms with Gasteiger partial charge >= 0.3 is 0 Å². The van der Waals surface area contributed by atoms with Crippen molar-refractivity contribution in [3.05, 3.63) is 42.5 Å². The summed E-state index contributed by atoms with van der Waals surface area (Å²) in [6.07, 6.45) is 0.0185. The monoisotopic (exact) mass is 352 g/mol. The first-order valence-electron chi connectivity index (χ1n) is 8.99. The van der Waals surface area contributed by atoms with Crippen LogP contribution in [-0.4, -0.2) is 44.9 Å². The SMILES string of the molecule is O=C(CC1COc2ccccc2O1)N1CCN2CCOc3cccc1c32. The highest BCUT2D eigenvalue weighted by atomic mass is 16.6. The molecule has 1 amide bonds. The van der Waals surface area contributed by atoms with Crippen molar-refractivity contribution in [3.63, 3.8) is 0 Å². The Hall–Kier alpha value is -2.89. The number of fused-ring (bicyclic) bond motifs is 1. The predicted molar refractivity (Wildman–Crippen MR) is 97.5 cm³/mol. The van der Waals surface area contributed by atoms with E-state index in [0.717, 1.165) is 36.0 Å². The Morgan fingerprint density at radius 3 is 2.73 bits per heavy atom. The van der Waals surface area contributed by atoms with Gasteiger partial charge in [0, 0.05) is 13.1 Å². The molecule has 0 aliphatic carbocycles. The van der Waals surface area contributed by atoms with Gasteiger partial charge in [-0.1, -0.05) is 18.2 Å². The first kappa shape index (κ1) is 15.4. The van der Waals surface area contributed by atoms with Crippen LogP contribution in [0.4, 0.5) is 11.4 Å². The normalized spacial score (nSPS) is 20.2. The Balaban J connectivity index is 1.35. The third kappa shape index (κ3) is 2.53. The van der Waals surface area contributed by atoms with Gasteiger partial charge in [-0.15, -0.1) is 0 Å². The number of benzene rings is 2. The fourth-order valence-corrected chi connectivity index (χ4v) is 3.83. The topological polar surface area (TPSA) is 51.2 Å². The van der Waals surface area contributed by atoms with Crippen molar-refractivity contribution in [2.24, 2.45) is 0 Å². The van der Waals surface area contributed by atoms with E-state index in [2.05, 4.69) is 4.90 Å². The smallest absolute Gasteiger partial charge is 0.230 e. The van der Waals surface area contributed by atoms with Crippen molar-refractivity contribution in [2.45, 2.75) is 12.5 Å². The minimum Gasteiger partial charge on any atom is -0.489 e. The highest BCUT2D eigenvalue weighted by Gasteiger charge is 2.33. The minimum atomic E-state index is -0.272. The van der Waals surface area contributed by atoms with E-state index in [4.69, 9.17) is 14.2 Å². The first-order valence-corrected chi connectivity index (χ1v) is 8.99. The van der Waals surface area contributed by atoms with Gasteiger partial charge in [0.05, 0.1) is 18.7 Å². The average molecular weight is 352 g/mol. The maximum Gasteiger partial charge on any atom is 0.230 e. The molecule has 3 aliphatic heterocycles. The van der Waals surface area contributed by atoms with E-state index in [1.807, 2.05) is 47.4 Å². The van der Waals surface area contributed by atoms with E-state index in [1.54, 1.807) is 0 Å². The molecule has 5 rings (SSSR count). The van der Waals surface area contributed by atoms with Gasteiger partial charge < -0.3 is 24.0 Å². The number of hydrogen-bond donors (Lipinski definition) is 0. The van der Waals surface area contributed by atoms with Gasteiger partial charge in [-0.05, 0) is 24.3 Å². The molecule has 0 aromatic heterocycles. The molecule has 134 valence electrons. The Morgan fingerprint density at radius 2 is 1.81 bits per heavy atom. The van der Waals surface area contributed by atoms with Gasteiger partial charge in [0.1, 0.15) is 30.8 Å². The van der Waals surface area contributed by atoms with Gasteiger partial charge in [-0.2, -0.15) is 0 Å². The molecule has 1 unspecified atom stereocenters. The van der Waals surface area contributed by atoms with Crippen molar-refractivity contribution in [2.75, 3.05) is 42.6 Å². The summed E-state index contributed by atoms with van der Waals surface area (Å²) in [5.74, 6) is 2.35. The van der Waals surface area contributed by atoms with Crippen LogP contribution in [0.25, 0.3) is 0 Å². The molecule has 3 aliphatic rings. The molecular formula is C20H20N2O4. The number of carbonyl (C=O) groups excluding carboxylic acids is 1. The van der Waals surface area contributed by atoms with Crippen LogP contribution in [0.1, 0.15) is 6.42 Å². The van der Waals surface area contributed by atoms with Crippen LogP contribution in [0.15, 0.2) is 42.5 Å². The molecule has 6 nitrogen and oxygen atoms in total. The number of hydrogen-bond acceptors (Lipinski definition) is 5. The van der Waals surface area contributed by atoms with Crippen molar-refractivity contribution < 1.29 is 19.0 Å².